The van der Waals surface area contributed by atoms with Crippen molar-refractivity contribution >= 4 is 57.7 Å². The highest BCUT2D eigenvalue weighted by molar-refractivity contribution is 14.1. The summed E-state index contributed by atoms with van der Waals surface area (Å²) in [5.41, 5.74) is 1.73. The van der Waals surface area contributed by atoms with Crippen molar-refractivity contribution < 1.29 is 24.2 Å². The number of aliphatic hydroxyl groups is 1. The van der Waals surface area contributed by atoms with Crippen LogP contribution in [0.15, 0.2) is 72.8 Å². The molecule has 0 aromatic heterocycles. The van der Waals surface area contributed by atoms with E-state index in [0.29, 0.717) is 22.0 Å². The maximum Gasteiger partial charge on any atom is 0.325 e. The van der Waals surface area contributed by atoms with E-state index < -0.39 is 35.8 Å². The normalized spacial score (nSPS) is 16.8. The molecule has 10 heteroatoms. The van der Waals surface area contributed by atoms with Gasteiger partial charge in [0.15, 0.2) is 0 Å². The molecule has 1 unspecified atom stereocenters. The Morgan fingerprint density at radius 1 is 1.14 bits per heavy atom. The standard InChI is InChI=1S/C27H25ClIN3O5/c1-16(17-5-3-2-4-6-17)24(25(34)30-22-12-9-19(29)15-21(22)28)32-26(35)23(31-27(32)36)18-7-10-20(11-8-18)37-14-13-33/h2-12,15-16,23-24,33H,13-14H2,1H3,(H,30,34)(H,31,36)/t16-,23?,24-/m0/s1. The quantitative estimate of drug-likeness (QED) is 0.234. The Labute approximate surface area is 233 Å². The van der Waals surface area contributed by atoms with Crippen LogP contribution in [0.5, 0.6) is 5.75 Å². The van der Waals surface area contributed by atoms with Crippen LogP contribution in [0.2, 0.25) is 5.02 Å². The van der Waals surface area contributed by atoms with Gasteiger partial charge in [0.05, 0.1) is 17.3 Å². The van der Waals surface area contributed by atoms with E-state index in [1.165, 1.54) is 0 Å². The first-order valence-corrected chi connectivity index (χ1v) is 13.0. The molecule has 4 amide bonds. The molecular weight excluding hydrogens is 609 g/mol. The maximum absolute atomic E-state index is 13.6. The Bertz CT molecular complexity index is 1290. The van der Waals surface area contributed by atoms with Crippen molar-refractivity contribution in [1.82, 2.24) is 10.2 Å². The average molecular weight is 634 g/mol. The van der Waals surface area contributed by atoms with E-state index in [4.69, 9.17) is 21.4 Å². The van der Waals surface area contributed by atoms with Gasteiger partial charge in [-0.1, -0.05) is 61.0 Å². The van der Waals surface area contributed by atoms with Crippen LogP contribution in [0.1, 0.15) is 30.0 Å². The SMILES string of the molecule is C[C@@H](c1ccccc1)[C@@H](C(=O)Nc1ccc(I)cc1Cl)N1C(=O)NC(c2ccc(OCCO)cc2)C1=O. The van der Waals surface area contributed by atoms with Crippen LogP contribution in [0, 0.1) is 3.57 Å². The van der Waals surface area contributed by atoms with E-state index in [1.807, 2.05) is 30.3 Å². The molecule has 1 saturated heterocycles. The zero-order valence-corrected chi connectivity index (χ0v) is 22.8. The van der Waals surface area contributed by atoms with Gasteiger partial charge in [0, 0.05) is 9.49 Å². The maximum atomic E-state index is 13.6. The molecule has 4 rings (SSSR count). The highest BCUT2D eigenvalue weighted by Crippen LogP contribution is 2.32. The summed E-state index contributed by atoms with van der Waals surface area (Å²) < 4.78 is 6.27. The zero-order valence-electron chi connectivity index (χ0n) is 19.9. The fourth-order valence-corrected chi connectivity index (χ4v) is 5.11. The molecule has 1 fully saturated rings. The van der Waals surface area contributed by atoms with E-state index in [-0.39, 0.29) is 13.2 Å². The number of nitrogens with zero attached hydrogens (tertiary/aromatic N) is 1. The van der Waals surface area contributed by atoms with E-state index in [1.54, 1.807) is 49.4 Å². The summed E-state index contributed by atoms with van der Waals surface area (Å²) in [4.78, 5) is 41.4. The first-order valence-electron chi connectivity index (χ1n) is 11.6. The summed E-state index contributed by atoms with van der Waals surface area (Å²) in [7, 11) is 0. The van der Waals surface area contributed by atoms with Crippen molar-refractivity contribution in [2.45, 2.75) is 24.9 Å². The molecule has 1 heterocycles. The fraction of sp³-hybridized carbons (Fsp3) is 0.222. The number of imide groups is 1. The van der Waals surface area contributed by atoms with Gasteiger partial charge in [-0.25, -0.2) is 9.69 Å². The average Bonchev–Trinajstić information content (AvgIpc) is 3.19. The Balaban J connectivity index is 1.64. The third kappa shape index (κ3) is 6.06. The number of hydrogen-bond donors (Lipinski definition) is 3. The minimum Gasteiger partial charge on any atom is -0.491 e. The van der Waals surface area contributed by atoms with Gasteiger partial charge >= 0.3 is 6.03 Å². The Hall–Kier alpha value is -3.15. The van der Waals surface area contributed by atoms with E-state index >= 15 is 0 Å². The van der Waals surface area contributed by atoms with Crippen molar-refractivity contribution in [3.8, 4) is 5.75 Å². The number of ether oxygens (including phenoxy) is 1. The summed E-state index contributed by atoms with van der Waals surface area (Å²) in [5.74, 6) is -1.05. The fourth-order valence-electron chi connectivity index (χ4n) is 4.21. The highest BCUT2D eigenvalue weighted by atomic mass is 127. The topological polar surface area (TPSA) is 108 Å². The number of halogens is 2. The number of urea groups is 1. The van der Waals surface area contributed by atoms with Crippen molar-refractivity contribution in [3.63, 3.8) is 0 Å². The Morgan fingerprint density at radius 3 is 2.49 bits per heavy atom. The van der Waals surface area contributed by atoms with Gasteiger partial charge in [-0.15, -0.1) is 0 Å². The summed E-state index contributed by atoms with van der Waals surface area (Å²) in [6, 6.07) is 18.3. The molecule has 0 spiro atoms. The Morgan fingerprint density at radius 2 is 1.84 bits per heavy atom. The molecule has 37 heavy (non-hydrogen) atoms. The van der Waals surface area contributed by atoms with Crippen molar-refractivity contribution in [2.75, 3.05) is 18.5 Å². The van der Waals surface area contributed by atoms with Gasteiger partial charge in [-0.05, 0) is 64.0 Å². The van der Waals surface area contributed by atoms with Crippen LogP contribution in [0.3, 0.4) is 0 Å². The molecule has 192 valence electrons. The second-order valence-corrected chi connectivity index (χ2v) is 10.1. The van der Waals surface area contributed by atoms with E-state index in [2.05, 4.69) is 33.2 Å². The molecule has 1 aliphatic rings. The second-order valence-electron chi connectivity index (χ2n) is 8.49. The molecule has 0 radical (unpaired) electrons. The lowest BCUT2D eigenvalue weighted by atomic mass is 9.91. The molecule has 3 aromatic carbocycles. The van der Waals surface area contributed by atoms with Crippen LogP contribution < -0.4 is 15.4 Å². The van der Waals surface area contributed by atoms with Crippen molar-refractivity contribution in [3.05, 3.63) is 92.5 Å². The number of amides is 4. The molecule has 1 aliphatic heterocycles. The third-order valence-corrected chi connectivity index (χ3v) is 7.06. The number of anilines is 1. The predicted octanol–water partition coefficient (Wildman–Crippen LogP) is 4.72. The number of hydrogen-bond acceptors (Lipinski definition) is 5. The summed E-state index contributed by atoms with van der Waals surface area (Å²) in [6.07, 6.45) is 0. The highest BCUT2D eigenvalue weighted by Gasteiger charge is 2.47. The molecule has 3 aromatic rings. The van der Waals surface area contributed by atoms with Crippen LogP contribution in [0.4, 0.5) is 10.5 Å². The summed E-state index contributed by atoms with van der Waals surface area (Å²) in [6.45, 7) is 1.83. The largest absolute Gasteiger partial charge is 0.491 e. The van der Waals surface area contributed by atoms with Crippen LogP contribution in [-0.4, -0.2) is 47.1 Å². The molecule has 3 N–H and O–H groups in total. The lowest BCUT2D eigenvalue weighted by Crippen LogP contribution is -2.50. The molecule has 8 nitrogen and oxygen atoms in total. The number of carbonyl (C=O) groups is 3. The second kappa shape index (κ2) is 11.9. The van der Waals surface area contributed by atoms with Crippen molar-refractivity contribution in [1.29, 1.82) is 0 Å². The number of carbonyl (C=O) groups excluding carboxylic acids is 3. The zero-order chi connectivity index (χ0) is 26.5. The van der Waals surface area contributed by atoms with Crippen molar-refractivity contribution in [2.24, 2.45) is 0 Å². The van der Waals surface area contributed by atoms with Crippen LogP contribution >= 0.6 is 34.2 Å². The van der Waals surface area contributed by atoms with Gasteiger partial charge in [-0.3, -0.25) is 9.59 Å². The number of rotatable bonds is 9. The smallest absolute Gasteiger partial charge is 0.325 e. The first kappa shape index (κ1) is 26.9. The number of nitrogens with one attached hydrogen (secondary N) is 2. The van der Waals surface area contributed by atoms with Crippen LogP contribution in [0.25, 0.3) is 0 Å². The number of benzene rings is 3. The van der Waals surface area contributed by atoms with Crippen LogP contribution in [-0.2, 0) is 9.59 Å². The summed E-state index contributed by atoms with van der Waals surface area (Å²) >= 11 is 8.45. The van der Waals surface area contributed by atoms with Gasteiger partial charge in [0.25, 0.3) is 5.91 Å². The third-order valence-electron chi connectivity index (χ3n) is 6.08. The van der Waals surface area contributed by atoms with Gasteiger partial charge < -0.3 is 20.5 Å². The Kier molecular flexibility index (Phi) is 8.67. The summed E-state index contributed by atoms with van der Waals surface area (Å²) in [5, 5.41) is 14.8. The monoisotopic (exact) mass is 633 g/mol. The van der Waals surface area contributed by atoms with E-state index in [9.17, 15) is 14.4 Å². The minimum absolute atomic E-state index is 0.121. The van der Waals surface area contributed by atoms with Gasteiger partial charge in [-0.2, -0.15) is 0 Å². The van der Waals surface area contributed by atoms with Gasteiger partial charge in [0.1, 0.15) is 24.4 Å². The first-order chi connectivity index (χ1) is 17.8. The number of aliphatic hydroxyl groups excluding tert-OH is 1. The van der Waals surface area contributed by atoms with E-state index in [0.717, 1.165) is 14.0 Å². The molecule has 0 aliphatic carbocycles. The molecule has 3 atom stereocenters. The van der Waals surface area contributed by atoms with Gasteiger partial charge in [0.2, 0.25) is 5.91 Å². The molecule has 0 saturated carbocycles. The molecule has 0 bridgehead atoms. The molecular formula is C27H25ClIN3O5. The predicted molar refractivity (Wildman–Crippen MR) is 149 cm³/mol. The minimum atomic E-state index is -1.14. The lowest BCUT2D eigenvalue weighted by molar-refractivity contribution is -0.134. The lowest BCUT2D eigenvalue weighted by Gasteiger charge is -2.30.